The highest BCUT2D eigenvalue weighted by Crippen LogP contribution is 2.24. The van der Waals surface area contributed by atoms with E-state index in [0.717, 1.165) is 33.9 Å². The number of aromatic nitrogens is 6. The molecule has 0 spiro atoms. The van der Waals surface area contributed by atoms with Gasteiger partial charge in [-0.1, -0.05) is 23.4 Å². The van der Waals surface area contributed by atoms with Crippen molar-refractivity contribution in [2.45, 2.75) is 13.1 Å². The molecule has 10 heteroatoms. The van der Waals surface area contributed by atoms with E-state index in [9.17, 15) is 9.18 Å². The van der Waals surface area contributed by atoms with E-state index in [0.29, 0.717) is 32.7 Å². The lowest BCUT2D eigenvalue weighted by molar-refractivity contribution is -0.132. The maximum Gasteiger partial charge on any atom is 0.244 e. The Balaban J connectivity index is 1.13. The zero-order valence-corrected chi connectivity index (χ0v) is 20.1. The van der Waals surface area contributed by atoms with Crippen molar-refractivity contribution in [3.05, 3.63) is 90.6 Å². The van der Waals surface area contributed by atoms with Crippen molar-refractivity contribution >= 4 is 22.6 Å². The average Bonchev–Trinajstić information content (AvgIpc) is 3.54. The van der Waals surface area contributed by atoms with E-state index < -0.39 is 0 Å². The van der Waals surface area contributed by atoms with Crippen molar-refractivity contribution in [2.24, 2.45) is 0 Å². The minimum Gasteiger partial charge on any atom is -0.368 e. The third kappa shape index (κ3) is 4.77. The maximum absolute atomic E-state index is 13.2. The predicted molar refractivity (Wildman–Crippen MR) is 137 cm³/mol. The number of halogens is 1. The van der Waals surface area contributed by atoms with E-state index in [-0.39, 0.29) is 18.3 Å². The Morgan fingerprint density at radius 1 is 0.919 bits per heavy atom. The monoisotopic (exact) mass is 496 g/mol. The first-order valence-electron chi connectivity index (χ1n) is 12.2. The van der Waals surface area contributed by atoms with Gasteiger partial charge in [-0.2, -0.15) is 0 Å². The van der Waals surface area contributed by atoms with Gasteiger partial charge >= 0.3 is 0 Å². The summed E-state index contributed by atoms with van der Waals surface area (Å²) in [6.07, 6.45) is 3.56. The molecule has 5 aromatic rings. The van der Waals surface area contributed by atoms with E-state index in [1.54, 1.807) is 23.0 Å². The van der Waals surface area contributed by atoms with Crippen molar-refractivity contribution < 1.29 is 9.18 Å². The number of amides is 1. The van der Waals surface area contributed by atoms with E-state index in [2.05, 4.69) is 24.8 Å². The Hall–Kier alpha value is -4.60. The summed E-state index contributed by atoms with van der Waals surface area (Å²) in [5, 5.41) is 8.53. The molecule has 3 aromatic heterocycles. The second-order valence-corrected chi connectivity index (χ2v) is 8.98. The van der Waals surface area contributed by atoms with Gasteiger partial charge in [0.15, 0.2) is 5.82 Å². The van der Waals surface area contributed by atoms with Crippen LogP contribution in [0.2, 0.25) is 0 Å². The topological polar surface area (TPSA) is 85.0 Å². The number of hydrogen-bond acceptors (Lipinski definition) is 6. The predicted octanol–water partition coefficient (Wildman–Crippen LogP) is 3.23. The van der Waals surface area contributed by atoms with Crippen molar-refractivity contribution in [2.75, 3.05) is 31.1 Å². The van der Waals surface area contributed by atoms with Gasteiger partial charge < -0.3 is 14.4 Å². The fraction of sp³-hybridized carbons (Fsp3) is 0.222. The van der Waals surface area contributed by atoms with Crippen molar-refractivity contribution in [3.8, 4) is 11.5 Å². The summed E-state index contributed by atoms with van der Waals surface area (Å²) < 4.78 is 16.9. The van der Waals surface area contributed by atoms with Crippen molar-refractivity contribution in [3.63, 3.8) is 0 Å². The maximum atomic E-state index is 13.2. The van der Waals surface area contributed by atoms with E-state index >= 15 is 0 Å². The molecule has 0 radical (unpaired) electrons. The number of benzene rings is 2. The van der Waals surface area contributed by atoms with Gasteiger partial charge in [0.1, 0.15) is 23.7 Å². The molecule has 0 N–H and O–H groups in total. The molecule has 6 rings (SSSR count). The zero-order chi connectivity index (χ0) is 25.2. The van der Waals surface area contributed by atoms with Crippen LogP contribution in [0, 0.1) is 5.82 Å². The third-order valence-corrected chi connectivity index (χ3v) is 6.58. The number of piperazine rings is 1. The highest BCUT2D eigenvalue weighted by Gasteiger charge is 2.22. The summed E-state index contributed by atoms with van der Waals surface area (Å²) in [4.78, 5) is 26.2. The number of fused-ring (bicyclic) bond motifs is 1. The molecule has 37 heavy (non-hydrogen) atoms. The molecule has 1 amide bonds. The number of para-hydroxylation sites is 2. The molecule has 1 aliphatic rings. The summed E-state index contributed by atoms with van der Waals surface area (Å²) in [5.74, 6) is 0.503. The van der Waals surface area contributed by atoms with Gasteiger partial charge in [-0.25, -0.2) is 14.1 Å². The van der Waals surface area contributed by atoms with Gasteiger partial charge in [0.05, 0.1) is 23.8 Å². The number of anilines is 1. The summed E-state index contributed by atoms with van der Waals surface area (Å²) in [7, 11) is 0. The van der Waals surface area contributed by atoms with Crippen LogP contribution in [0.4, 0.5) is 10.1 Å². The van der Waals surface area contributed by atoms with Crippen molar-refractivity contribution in [1.82, 2.24) is 34.4 Å². The molecule has 0 bridgehead atoms. The Morgan fingerprint density at radius 2 is 1.70 bits per heavy atom. The summed E-state index contributed by atoms with van der Waals surface area (Å²) in [6, 6.07) is 20.1. The van der Waals surface area contributed by atoms with Crippen molar-refractivity contribution in [1.29, 1.82) is 0 Å². The molecular formula is C27H25FN8O. The molecule has 0 unspecified atom stereocenters. The van der Waals surface area contributed by atoms with Gasteiger partial charge in [-0.05, 0) is 48.5 Å². The molecule has 1 fully saturated rings. The van der Waals surface area contributed by atoms with Crippen LogP contribution < -0.4 is 4.90 Å². The van der Waals surface area contributed by atoms with Crippen LogP contribution in [0.15, 0.2) is 79.1 Å². The van der Waals surface area contributed by atoms with E-state index in [4.69, 9.17) is 4.98 Å². The molecule has 1 aliphatic heterocycles. The van der Waals surface area contributed by atoms with E-state index in [1.807, 2.05) is 53.6 Å². The van der Waals surface area contributed by atoms with Crippen LogP contribution in [0.25, 0.3) is 22.6 Å². The van der Waals surface area contributed by atoms with Crippen LogP contribution in [0.1, 0.15) is 5.69 Å². The highest BCUT2D eigenvalue weighted by molar-refractivity contribution is 5.80. The lowest BCUT2D eigenvalue weighted by Gasteiger charge is -2.36. The number of pyridine rings is 1. The van der Waals surface area contributed by atoms with Crippen LogP contribution >= 0.6 is 0 Å². The summed E-state index contributed by atoms with van der Waals surface area (Å²) in [5.41, 5.74) is 4.33. The van der Waals surface area contributed by atoms with Crippen LogP contribution in [-0.2, 0) is 17.9 Å². The number of hydrogen-bond donors (Lipinski definition) is 0. The number of carbonyl (C=O) groups is 1. The number of carbonyl (C=O) groups excluding carboxylic acids is 1. The largest absolute Gasteiger partial charge is 0.368 e. The second kappa shape index (κ2) is 9.81. The molecule has 0 saturated carbocycles. The first kappa shape index (κ1) is 22.8. The van der Waals surface area contributed by atoms with E-state index in [1.165, 1.54) is 12.1 Å². The standard InChI is InChI=1S/C27H25FN8O/c28-20-8-10-22(11-9-20)33-13-15-34(16-14-33)26(37)19-35-17-21(31-32-35)18-36-25-7-2-1-5-23(25)30-27(36)24-6-3-4-12-29-24/h1-12,17H,13-16,18-19H2. The fourth-order valence-corrected chi connectivity index (χ4v) is 4.68. The molecule has 0 atom stereocenters. The molecule has 4 heterocycles. The first-order valence-corrected chi connectivity index (χ1v) is 12.2. The Morgan fingerprint density at radius 3 is 2.49 bits per heavy atom. The van der Waals surface area contributed by atoms with Crippen LogP contribution in [0.3, 0.4) is 0 Å². The zero-order valence-electron chi connectivity index (χ0n) is 20.1. The fourth-order valence-electron chi connectivity index (χ4n) is 4.68. The SMILES string of the molecule is O=C(Cn1cc(Cn2c(-c3ccccn3)nc3ccccc32)nn1)N1CCN(c2ccc(F)cc2)CC1. The Bertz CT molecular complexity index is 1520. The lowest BCUT2D eigenvalue weighted by atomic mass is 10.2. The Labute approximate surface area is 212 Å². The third-order valence-electron chi connectivity index (χ3n) is 6.58. The van der Waals surface area contributed by atoms with Gasteiger partial charge in [-0.3, -0.25) is 9.78 Å². The van der Waals surface area contributed by atoms with Gasteiger partial charge in [-0.15, -0.1) is 5.10 Å². The minimum absolute atomic E-state index is 0.00235. The number of nitrogens with zero attached hydrogens (tertiary/aromatic N) is 8. The number of imidazole rings is 1. The molecule has 1 saturated heterocycles. The smallest absolute Gasteiger partial charge is 0.244 e. The van der Waals surface area contributed by atoms with Crippen LogP contribution in [-0.4, -0.2) is 66.5 Å². The Kier molecular flexibility index (Phi) is 6.05. The summed E-state index contributed by atoms with van der Waals surface area (Å²) in [6.45, 7) is 3.19. The average molecular weight is 497 g/mol. The van der Waals surface area contributed by atoms with Gasteiger partial charge in [0.25, 0.3) is 0 Å². The molecular weight excluding hydrogens is 471 g/mol. The quantitative estimate of drug-likeness (QED) is 0.359. The normalized spacial score (nSPS) is 13.9. The lowest BCUT2D eigenvalue weighted by Crippen LogP contribution is -2.49. The molecule has 9 nitrogen and oxygen atoms in total. The minimum atomic E-state index is -0.251. The van der Waals surface area contributed by atoms with Gasteiger partial charge in [0, 0.05) is 38.1 Å². The second-order valence-electron chi connectivity index (χ2n) is 8.98. The highest BCUT2D eigenvalue weighted by atomic mass is 19.1. The molecule has 186 valence electrons. The molecule has 0 aliphatic carbocycles. The first-order chi connectivity index (χ1) is 18.1. The number of rotatable bonds is 6. The van der Waals surface area contributed by atoms with Gasteiger partial charge in [0.2, 0.25) is 5.91 Å². The summed E-state index contributed by atoms with van der Waals surface area (Å²) >= 11 is 0. The van der Waals surface area contributed by atoms with Crippen LogP contribution in [0.5, 0.6) is 0 Å². The molecule has 2 aromatic carbocycles.